The summed E-state index contributed by atoms with van der Waals surface area (Å²) < 4.78 is 2.24. The van der Waals surface area contributed by atoms with Crippen LogP contribution in [0.15, 0.2) is 31.0 Å². The second kappa shape index (κ2) is 3.29. The van der Waals surface area contributed by atoms with Crippen LogP contribution in [0.5, 0.6) is 0 Å². The topological polar surface area (TPSA) is 17.8 Å². The Morgan fingerprint density at radius 2 is 2.29 bits per heavy atom. The van der Waals surface area contributed by atoms with E-state index in [0.29, 0.717) is 0 Å². The highest BCUT2D eigenvalue weighted by Crippen LogP contribution is 2.22. The summed E-state index contributed by atoms with van der Waals surface area (Å²) in [6, 6.07) is 4.08. The zero-order chi connectivity index (χ0) is 10.1. The molecule has 0 bridgehead atoms. The first-order chi connectivity index (χ1) is 6.75. The third kappa shape index (κ3) is 1.15. The highest BCUT2D eigenvalue weighted by Gasteiger charge is 2.09. The van der Waals surface area contributed by atoms with Crippen LogP contribution >= 0.6 is 0 Å². The molecule has 0 aliphatic rings. The van der Waals surface area contributed by atoms with Crippen LogP contribution in [0.1, 0.15) is 11.3 Å². The van der Waals surface area contributed by atoms with Crippen LogP contribution in [-0.4, -0.2) is 9.55 Å². The molecular weight excluding hydrogens is 172 g/mol. The van der Waals surface area contributed by atoms with Gasteiger partial charge in [0, 0.05) is 18.4 Å². The van der Waals surface area contributed by atoms with Crippen molar-refractivity contribution in [2.45, 2.75) is 20.4 Å². The van der Waals surface area contributed by atoms with Crippen LogP contribution in [0.25, 0.3) is 11.0 Å². The highest BCUT2D eigenvalue weighted by atomic mass is 15.0. The third-order valence-electron chi connectivity index (χ3n) is 2.69. The summed E-state index contributed by atoms with van der Waals surface area (Å²) in [5, 5.41) is 0. The largest absolute Gasteiger partial charge is 0.339 e. The molecule has 0 aromatic carbocycles. The van der Waals surface area contributed by atoms with Gasteiger partial charge < -0.3 is 4.57 Å². The van der Waals surface area contributed by atoms with Crippen molar-refractivity contribution < 1.29 is 0 Å². The monoisotopic (exact) mass is 186 g/mol. The van der Waals surface area contributed by atoms with Gasteiger partial charge in [0.25, 0.3) is 0 Å². The van der Waals surface area contributed by atoms with Crippen molar-refractivity contribution in [2.75, 3.05) is 0 Å². The number of nitrogens with zero attached hydrogens (tertiary/aromatic N) is 2. The summed E-state index contributed by atoms with van der Waals surface area (Å²) >= 11 is 0. The molecular formula is C12H14N2. The Labute approximate surface area is 83.9 Å². The SMILES string of the molecule is C=CCn1c(C)c(C)c2ncccc21. The average molecular weight is 186 g/mol. The summed E-state index contributed by atoms with van der Waals surface area (Å²) in [5.74, 6) is 0. The Balaban J connectivity index is 2.80. The average Bonchev–Trinajstić information content (AvgIpc) is 2.45. The molecule has 2 aromatic rings. The molecule has 0 radical (unpaired) electrons. The molecule has 14 heavy (non-hydrogen) atoms. The van der Waals surface area contributed by atoms with Crippen molar-refractivity contribution >= 4 is 11.0 Å². The first-order valence-corrected chi connectivity index (χ1v) is 4.77. The molecule has 0 spiro atoms. The lowest BCUT2D eigenvalue weighted by molar-refractivity contribution is 0.824. The van der Waals surface area contributed by atoms with E-state index >= 15 is 0 Å². The number of hydrogen-bond donors (Lipinski definition) is 0. The van der Waals surface area contributed by atoms with Crippen LogP contribution in [0.4, 0.5) is 0 Å². The summed E-state index contributed by atoms with van der Waals surface area (Å²) in [5.41, 5.74) is 4.84. The van der Waals surface area contributed by atoms with Gasteiger partial charge >= 0.3 is 0 Å². The first kappa shape index (κ1) is 9.00. The van der Waals surface area contributed by atoms with E-state index in [1.54, 1.807) is 0 Å². The van der Waals surface area contributed by atoms with E-state index in [4.69, 9.17) is 0 Å². The number of aryl methyl sites for hydroxylation is 1. The van der Waals surface area contributed by atoms with Gasteiger partial charge in [0.15, 0.2) is 0 Å². The first-order valence-electron chi connectivity index (χ1n) is 4.77. The summed E-state index contributed by atoms with van der Waals surface area (Å²) in [6.07, 6.45) is 3.76. The number of rotatable bonds is 2. The Morgan fingerprint density at radius 3 is 3.00 bits per heavy atom. The van der Waals surface area contributed by atoms with Gasteiger partial charge in [0.1, 0.15) is 0 Å². The number of pyridine rings is 1. The minimum absolute atomic E-state index is 0.849. The molecule has 2 rings (SSSR count). The Bertz CT molecular complexity index is 480. The fourth-order valence-corrected chi connectivity index (χ4v) is 1.82. The Kier molecular flexibility index (Phi) is 2.12. The van der Waals surface area contributed by atoms with E-state index in [0.717, 1.165) is 12.1 Å². The van der Waals surface area contributed by atoms with Crippen LogP contribution in [0, 0.1) is 13.8 Å². The molecule has 72 valence electrons. The summed E-state index contributed by atoms with van der Waals surface area (Å²) in [7, 11) is 0. The Hall–Kier alpha value is -1.57. The third-order valence-corrected chi connectivity index (χ3v) is 2.69. The smallest absolute Gasteiger partial charge is 0.0912 e. The molecule has 2 heterocycles. The maximum atomic E-state index is 4.39. The van der Waals surface area contributed by atoms with Crippen molar-refractivity contribution in [1.82, 2.24) is 9.55 Å². The lowest BCUT2D eigenvalue weighted by Crippen LogP contribution is -1.97. The van der Waals surface area contributed by atoms with E-state index in [1.165, 1.54) is 16.8 Å². The van der Waals surface area contributed by atoms with Gasteiger partial charge in [-0.1, -0.05) is 6.08 Å². The Morgan fingerprint density at radius 1 is 1.50 bits per heavy atom. The van der Waals surface area contributed by atoms with E-state index in [-0.39, 0.29) is 0 Å². The van der Waals surface area contributed by atoms with E-state index < -0.39 is 0 Å². The standard InChI is InChI=1S/C12H14N2/c1-4-8-14-10(3)9(2)12-11(14)6-5-7-13-12/h4-7H,1,8H2,2-3H3. The molecule has 2 heteroatoms. The van der Waals surface area contributed by atoms with Gasteiger partial charge in [0.05, 0.1) is 11.0 Å². The lowest BCUT2D eigenvalue weighted by atomic mass is 10.2. The van der Waals surface area contributed by atoms with Gasteiger partial charge in [-0.2, -0.15) is 0 Å². The second-order valence-corrected chi connectivity index (χ2v) is 3.48. The van der Waals surface area contributed by atoms with Crippen molar-refractivity contribution in [1.29, 1.82) is 0 Å². The normalized spacial score (nSPS) is 10.7. The maximum absolute atomic E-state index is 4.39. The van der Waals surface area contributed by atoms with Crippen LogP contribution in [0.2, 0.25) is 0 Å². The molecule has 0 fully saturated rings. The maximum Gasteiger partial charge on any atom is 0.0912 e. The van der Waals surface area contributed by atoms with Gasteiger partial charge in [0.2, 0.25) is 0 Å². The number of hydrogen-bond acceptors (Lipinski definition) is 1. The molecule has 0 saturated carbocycles. The quantitative estimate of drug-likeness (QED) is 0.659. The van der Waals surface area contributed by atoms with Crippen molar-refractivity contribution in [2.24, 2.45) is 0 Å². The molecule has 2 aromatic heterocycles. The van der Waals surface area contributed by atoms with Gasteiger partial charge in [-0.3, -0.25) is 4.98 Å². The molecule has 0 aliphatic heterocycles. The minimum Gasteiger partial charge on any atom is -0.339 e. The number of fused-ring (bicyclic) bond motifs is 1. The second-order valence-electron chi connectivity index (χ2n) is 3.48. The summed E-state index contributed by atoms with van der Waals surface area (Å²) in [6.45, 7) is 8.86. The van der Waals surface area contributed by atoms with E-state index in [1.807, 2.05) is 18.3 Å². The molecule has 2 nitrogen and oxygen atoms in total. The lowest BCUT2D eigenvalue weighted by Gasteiger charge is -2.03. The minimum atomic E-state index is 0.849. The highest BCUT2D eigenvalue weighted by molar-refractivity contribution is 5.80. The van der Waals surface area contributed by atoms with Gasteiger partial charge in [-0.05, 0) is 31.5 Å². The van der Waals surface area contributed by atoms with E-state index in [9.17, 15) is 0 Å². The van der Waals surface area contributed by atoms with Gasteiger partial charge in [-0.25, -0.2) is 0 Å². The predicted molar refractivity (Wildman–Crippen MR) is 59.4 cm³/mol. The van der Waals surface area contributed by atoms with Gasteiger partial charge in [-0.15, -0.1) is 6.58 Å². The van der Waals surface area contributed by atoms with E-state index in [2.05, 4.69) is 36.0 Å². The van der Waals surface area contributed by atoms with Crippen molar-refractivity contribution in [3.05, 3.63) is 42.2 Å². The summed E-state index contributed by atoms with van der Waals surface area (Å²) in [4.78, 5) is 4.39. The number of allylic oxidation sites excluding steroid dienone is 1. The van der Waals surface area contributed by atoms with Crippen LogP contribution in [-0.2, 0) is 6.54 Å². The zero-order valence-corrected chi connectivity index (χ0v) is 8.62. The molecule has 0 unspecified atom stereocenters. The fourth-order valence-electron chi connectivity index (χ4n) is 1.82. The number of aromatic nitrogens is 2. The predicted octanol–water partition coefficient (Wildman–Crippen LogP) is 2.84. The molecule has 0 atom stereocenters. The van der Waals surface area contributed by atoms with Crippen LogP contribution < -0.4 is 0 Å². The zero-order valence-electron chi connectivity index (χ0n) is 8.62. The molecule has 0 amide bonds. The van der Waals surface area contributed by atoms with Crippen molar-refractivity contribution in [3.63, 3.8) is 0 Å². The molecule has 0 N–H and O–H groups in total. The fraction of sp³-hybridized carbons (Fsp3) is 0.250. The van der Waals surface area contributed by atoms with Crippen LogP contribution in [0.3, 0.4) is 0 Å². The molecule has 0 aliphatic carbocycles. The van der Waals surface area contributed by atoms with Crippen molar-refractivity contribution in [3.8, 4) is 0 Å². The molecule has 0 saturated heterocycles.